The number of amides is 2. The van der Waals surface area contributed by atoms with Crippen LogP contribution in [-0.4, -0.2) is 41.4 Å². The van der Waals surface area contributed by atoms with E-state index >= 15 is 0 Å². The molecule has 10 heteroatoms. The zero-order chi connectivity index (χ0) is 19.1. The number of likely N-dealkylation sites (N-methyl/N-ethyl adjacent to an activating group) is 1. The van der Waals surface area contributed by atoms with Crippen LogP contribution in [0.5, 0.6) is 5.75 Å². The summed E-state index contributed by atoms with van der Waals surface area (Å²) in [6.45, 7) is 5.27. The summed E-state index contributed by atoms with van der Waals surface area (Å²) in [6, 6.07) is 4.82. The number of anilines is 1. The molecule has 1 heterocycles. The third-order valence-electron chi connectivity index (χ3n) is 3.62. The summed E-state index contributed by atoms with van der Waals surface area (Å²) in [5, 5.41) is 5.35. The Hall–Kier alpha value is -1.87. The molecule has 0 spiro atoms. The summed E-state index contributed by atoms with van der Waals surface area (Å²) < 4.78 is 5.49. The molecule has 2 rings (SSSR count). The first kappa shape index (κ1) is 23.2. The number of ether oxygens (including phenoxy) is 1. The van der Waals surface area contributed by atoms with E-state index < -0.39 is 0 Å². The number of aromatic nitrogens is 1. The van der Waals surface area contributed by atoms with E-state index in [1.54, 1.807) is 28.5 Å². The SMILES string of the molecule is CCN(CC)C(=O)COc1ccc(NC(=O)c2csc(CN)n2)cc1Cl.Cl. The van der Waals surface area contributed by atoms with E-state index in [2.05, 4.69) is 10.3 Å². The van der Waals surface area contributed by atoms with Gasteiger partial charge < -0.3 is 20.7 Å². The predicted octanol–water partition coefficient (Wildman–Crippen LogP) is 3.18. The van der Waals surface area contributed by atoms with Gasteiger partial charge in [-0.25, -0.2) is 4.98 Å². The highest BCUT2D eigenvalue weighted by Crippen LogP contribution is 2.28. The van der Waals surface area contributed by atoms with Crippen LogP contribution in [0.4, 0.5) is 5.69 Å². The molecule has 0 aliphatic rings. The van der Waals surface area contributed by atoms with Crippen LogP contribution < -0.4 is 15.8 Å². The lowest BCUT2D eigenvalue weighted by atomic mass is 10.3. The Bertz CT molecular complexity index is 781. The van der Waals surface area contributed by atoms with Crippen LogP contribution in [0.3, 0.4) is 0 Å². The number of carbonyl (C=O) groups is 2. The smallest absolute Gasteiger partial charge is 0.275 e. The van der Waals surface area contributed by atoms with E-state index in [1.165, 1.54) is 11.3 Å². The molecular formula is C17H22Cl2N4O3S. The van der Waals surface area contributed by atoms with Crippen molar-refractivity contribution in [3.63, 3.8) is 0 Å². The van der Waals surface area contributed by atoms with E-state index in [1.807, 2.05) is 13.8 Å². The van der Waals surface area contributed by atoms with Gasteiger partial charge >= 0.3 is 0 Å². The Morgan fingerprint density at radius 2 is 2.04 bits per heavy atom. The fraction of sp³-hybridized carbons (Fsp3) is 0.353. The van der Waals surface area contributed by atoms with Gasteiger partial charge in [-0.05, 0) is 32.0 Å². The monoisotopic (exact) mass is 432 g/mol. The van der Waals surface area contributed by atoms with Crippen LogP contribution in [0.1, 0.15) is 29.3 Å². The third kappa shape index (κ3) is 6.35. The number of nitrogens with zero attached hydrogens (tertiary/aromatic N) is 2. The van der Waals surface area contributed by atoms with Crippen molar-refractivity contribution in [2.75, 3.05) is 25.0 Å². The van der Waals surface area contributed by atoms with Crippen molar-refractivity contribution in [2.24, 2.45) is 5.73 Å². The Kier molecular flexibility index (Phi) is 9.51. The summed E-state index contributed by atoms with van der Waals surface area (Å²) in [4.78, 5) is 29.9. The van der Waals surface area contributed by atoms with Gasteiger partial charge in [-0.15, -0.1) is 23.7 Å². The largest absolute Gasteiger partial charge is 0.482 e. The lowest BCUT2D eigenvalue weighted by Gasteiger charge is -2.19. The standard InChI is InChI=1S/C17H21ClN4O3S.ClH/c1-3-22(4-2)16(23)9-25-14-6-5-11(7-12(14)18)20-17(24)13-10-26-15(8-19)21-13;/h5-7,10H,3-4,8-9,19H2,1-2H3,(H,20,24);1H. The highest BCUT2D eigenvalue weighted by Gasteiger charge is 2.14. The van der Waals surface area contributed by atoms with Crippen LogP contribution in [0, 0.1) is 0 Å². The van der Waals surface area contributed by atoms with Gasteiger partial charge in [0.2, 0.25) is 0 Å². The van der Waals surface area contributed by atoms with Crippen LogP contribution >= 0.6 is 35.3 Å². The fourth-order valence-electron chi connectivity index (χ4n) is 2.21. The second kappa shape index (κ2) is 11.1. The van der Waals surface area contributed by atoms with Gasteiger partial charge in [0.15, 0.2) is 6.61 Å². The number of halogens is 2. The lowest BCUT2D eigenvalue weighted by molar-refractivity contribution is -0.132. The van der Waals surface area contributed by atoms with Crippen LogP contribution in [0.25, 0.3) is 0 Å². The van der Waals surface area contributed by atoms with Crippen LogP contribution in [0.2, 0.25) is 5.02 Å². The first-order chi connectivity index (χ1) is 12.5. The van der Waals surface area contributed by atoms with Gasteiger partial charge in [0.1, 0.15) is 16.5 Å². The van der Waals surface area contributed by atoms with E-state index in [9.17, 15) is 9.59 Å². The topological polar surface area (TPSA) is 97.5 Å². The molecule has 0 saturated heterocycles. The fourth-order valence-corrected chi connectivity index (χ4v) is 3.10. The summed E-state index contributed by atoms with van der Waals surface area (Å²) in [7, 11) is 0. The van der Waals surface area contributed by atoms with Crippen molar-refractivity contribution < 1.29 is 14.3 Å². The molecule has 0 saturated carbocycles. The number of benzene rings is 1. The lowest BCUT2D eigenvalue weighted by Crippen LogP contribution is -2.34. The molecule has 7 nitrogen and oxygen atoms in total. The summed E-state index contributed by atoms with van der Waals surface area (Å²) in [5.74, 6) is -0.0747. The first-order valence-electron chi connectivity index (χ1n) is 8.14. The van der Waals surface area contributed by atoms with Crippen molar-refractivity contribution in [2.45, 2.75) is 20.4 Å². The number of hydrogen-bond acceptors (Lipinski definition) is 6. The summed E-state index contributed by atoms with van der Waals surface area (Å²) in [5.41, 5.74) is 6.30. The highest BCUT2D eigenvalue weighted by molar-refractivity contribution is 7.09. The number of rotatable bonds is 8. The molecule has 0 bridgehead atoms. The van der Waals surface area contributed by atoms with E-state index in [0.29, 0.717) is 46.8 Å². The molecule has 2 aromatic rings. The molecule has 2 amide bonds. The van der Waals surface area contributed by atoms with Gasteiger partial charge in [-0.1, -0.05) is 11.6 Å². The van der Waals surface area contributed by atoms with Gasteiger partial charge in [0.25, 0.3) is 11.8 Å². The maximum atomic E-state index is 12.2. The molecule has 0 aliphatic carbocycles. The normalized spacial score (nSPS) is 10.1. The second-order valence-electron chi connectivity index (χ2n) is 5.28. The maximum Gasteiger partial charge on any atom is 0.275 e. The second-order valence-corrected chi connectivity index (χ2v) is 6.63. The van der Waals surface area contributed by atoms with Crippen molar-refractivity contribution in [1.29, 1.82) is 0 Å². The van der Waals surface area contributed by atoms with E-state index in [0.717, 1.165) is 0 Å². The van der Waals surface area contributed by atoms with Gasteiger partial charge in [-0.2, -0.15) is 0 Å². The third-order valence-corrected chi connectivity index (χ3v) is 4.78. The maximum absolute atomic E-state index is 12.2. The quantitative estimate of drug-likeness (QED) is 0.667. The number of carbonyl (C=O) groups excluding carboxylic acids is 2. The molecule has 3 N–H and O–H groups in total. The summed E-state index contributed by atoms with van der Waals surface area (Å²) >= 11 is 7.52. The number of nitrogens with one attached hydrogen (secondary N) is 1. The molecule has 0 radical (unpaired) electrons. The molecule has 0 atom stereocenters. The van der Waals surface area contributed by atoms with Crippen LogP contribution in [-0.2, 0) is 11.3 Å². The van der Waals surface area contributed by atoms with Crippen LogP contribution in [0.15, 0.2) is 23.6 Å². The minimum Gasteiger partial charge on any atom is -0.482 e. The molecule has 27 heavy (non-hydrogen) atoms. The van der Waals surface area contributed by atoms with E-state index in [-0.39, 0.29) is 30.8 Å². The van der Waals surface area contributed by atoms with E-state index in [4.69, 9.17) is 22.1 Å². The highest BCUT2D eigenvalue weighted by atomic mass is 35.5. The molecule has 1 aromatic carbocycles. The summed E-state index contributed by atoms with van der Waals surface area (Å²) in [6.07, 6.45) is 0. The Labute approximate surface area is 173 Å². The van der Waals surface area contributed by atoms with Crippen molar-refractivity contribution in [1.82, 2.24) is 9.88 Å². The minimum atomic E-state index is -0.345. The molecular weight excluding hydrogens is 411 g/mol. The zero-order valence-electron chi connectivity index (χ0n) is 15.0. The Morgan fingerprint density at radius 1 is 1.33 bits per heavy atom. The number of hydrogen-bond donors (Lipinski definition) is 2. The molecule has 0 fully saturated rings. The Balaban J connectivity index is 0.00000364. The van der Waals surface area contributed by atoms with Crippen molar-refractivity contribution in [3.8, 4) is 5.75 Å². The average molecular weight is 433 g/mol. The van der Waals surface area contributed by atoms with Crippen molar-refractivity contribution >= 4 is 52.8 Å². The van der Waals surface area contributed by atoms with Crippen molar-refractivity contribution in [3.05, 3.63) is 39.3 Å². The van der Waals surface area contributed by atoms with Gasteiger partial charge in [-0.3, -0.25) is 9.59 Å². The van der Waals surface area contributed by atoms with Gasteiger partial charge in [0.05, 0.1) is 5.02 Å². The molecule has 148 valence electrons. The van der Waals surface area contributed by atoms with Gasteiger partial charge in [0, 0.05) is 30.7 Å². The molecule has 0 aliphatic heterocycles. The molecule has 0 unspecified atom stereocenters. The zero-order valence-corrected chi connectivity index (χ0v) is 17.4. The first-order valence-corrected chi connectivity index (χ1v) is 9.40. The average Bonchev–Trinajstić information content (AvgIpc) is 3.11. The minimum absolute atomic E-state index is 0. The molecule has 1 aromatic heterocycles. The number of nitrogens with two attached hydrogens (primary N) is 1. The number of thiazole rings is 1. The predicted molar refractivity (Wildman–Crippen MR) is 110 cm³/mol. The Morgan fingerprint density at radius 3 is 2.59 bits per heavy atom.